The van der Waals surface area contributed by atoms with Gasteiger partial charge in [0.25, 0.3) is 0 Å². The number of fused-ring (bicyclic) bond motifs is 6. The number of hydrogen-bond acceptors (Lipinski definition) is 2. The Balaban J connectivity index is 1.21. The van der Waals surface area contributed by atoms with E-state index in [0.717, 1.165) is 44.7 Å². The van der Waals surface area contributed by atoms with Crippen LogP contribution >= 0.6 is 0 Å². The van der Waals surface area contributed by atoms with Crippen LogP contribution in [-0.2, 0) is 0 Å². The maximum Gasteiger partial charge on any atom is 0.138 e. The van der Waals surface area contributed by atoms with Crippen molar-refractivity contribution in [2.24, 2.45) is 0 Å². The highest BCUT2D eigenvalue weighted by atomic mass is 15.1. The Morgan fingerprint density at radius 3 is 1.43 bits per heavy atom. The van der Waals surface area contributed by atoms with Gasteiger partial charge in [-0.05, 0) is 110 Å². The molecule has 0 unspecified atom stereocenters. The van der Waals surface area contributed by atoms with Crippen LogP contribution in [0.25, 0.3) is 88.5 Å². The number of aryl methyl sites for hydroxylation is 4. The van der Waals surface area contributed by atoms with E-state index in [1.54, 1.807) is 0 Å². The summed E-state index contributed by atoms with van der Waals surface area (Å²) in [4.78, 5) is 5.29. The van der Waals surface area contributed by atoms with Crippen LogP contribution in [0.3, 0.4) is 0 Å². The lowest BCUT2D eigenvalue weighted by Crippen LogP contribution is -2.03. The van der Waals surface area contributed by atoms with Gasteiger partial charge < -0.3 is 4.57 Å². The van der Waals surface area contributed by atoms with Crippen LogP contribution in [-0.4, -0.2) is 14.1 Å². The van der Waals surface area contributed by atoms with E-state index in [2.05, 4.69) is 182 Å². The first-order chi connectivity index (χ1) is 27.3. The Bertz CT molecular complexity index is 3200. The molecule has 4 nitrogen and oxygen atoms in total. The topological polar surface area (TPSA) is 46.5 Å². The molecule has 266 valence electrons. The van der Waals surface area contributed by atoms with Gasteiger partial charge in [-0.3, -0.25) is 4.57 Å². The Kier molecular flexibility index (Phi) is 7.73. The fraction of sp³-hybridized carbons (Fsp3) is 0.0769. The molecular weight excluding hydrogens is 681 g/mol. The third-order valence-corrected chi connectivity index (χ3v) is 11.1. The Morgan fingerprint density at radius 2 is 0.893 bits per heavy atom. The third-order valence-electron chi connectivity index (χ3n) is 11.1. The Labute approximate surface area is 326 Å². The van der Waals surface area contributed by atoms with Crippen LogP contribution in [0.1, 0.15) is 27.8 Å². The van der Waals surface area contributed by atoms with Gasteiger partial charge in [0, 0.05) is 27.1 Å². The van der Waals surface area contributed by atoms with Gasteiger partial charge in [-0.15, -0.1) is 0 Å². The summed E-state index contributed by atoms with van der Waals surface area (Å²) in [7, 11) is 0. The van der Waals surface area contributed by atoms with Crippen LogP contribution < -0.4 is 0 Å². The molecule has 0 saturated carbocycles. The van der Waals surface area contributed by atoms with Gasteiger partial charge in [-0.25, -0.2) is 4.98 Å². The minimum atomic E-state index is 0.627. The number of rotatable bonds is 5. The predicted molar refractivity (Wildman–Crippen MR) is 233 cm³/mol. The second-order valence-electron chi connectivity index (χ2n) is 15.2. The molecule has 0 aliphatic carbocycles. The van der Waals surface area contributed by atoms with E-state index in [-0.39, 0.29) is 0 Å². The highest BCUT2D eigenvalue weighted by molar-refractivity contribution is 6.12. The molecule has 0 aliphatic rings. The number of hydrogen-bond donors (Lipinski definition) is 0. The standard InChI is InChI=1S/C52H38N4/c1-32-21-33(2)24-40(23-32)38-17-19-49-45(27-38)42-9-5-7-11-47(42)55(49)51-31-54-52(29-44(51)37-15-13-36(30-53)14-16-37)56-48-12-8-6-10-43(48)46-28-39(18-20-50(46)56)41-25-34(3)22-35(4)26-41/h5-29,31H,1-4H3. The molecule has 0 spiro atoms. The molecule has 0 saturated heterocycles. The van der Waals surface area contributed by atoms with Crippen molar-refractivity contribution in [3.8, 4) is 51.0 Å². The molecule has 0 fully saturated rings. The second-order valence-corrected chi connectivity index (χ2v) is 15.2. The third kappa shape index (κ3) is 5.48. The smallest absolute Gasteiger partial charge is 0.138 e. The molecule has 0 atom stereocenters. The maximum absolute atomic E-state index is 9.70. The number of pyridine rings is 1. The number of aromatic nitrogens is 3. The fourth-order valence-corrected chi connectivity index (χ4v) is 8.79. The van der Waals surface area contributed by atoms with Crippen molar-refractivity contribution in [2.45, 2.75) is 27.7 Å². The van der Waals surface area contributed by atoms with Crippen molar-refractivity contribution in [3.63, 3.8) is 0 Å². The summed E-state index contributed by atoms with van der Waals surface area (Å²) in [5, 5.41) is 14.4. The molecule has 0 N–H and O–H groups in total. The maximum atomic E-state index is 9.70. The molecule has 10 rings (SSSR count). The van der Waals surface area contributed by atoms with Crippen LogP contribution in [0.15, 0.2) is 158 Å². The Morgan fingerprint density at radius 1 is 0.429 bits per heavy atom. The molecule has 0 aliphatic heterocycles. The van der Waals surface area contributed by atoms with Crippen molar-refractivity contribution < 1.29 is 0 Å². The molecule has 3 heterocycles. The Hall–Kier alpha value is -7.22. The van der Waals surface area contributed by atoms with Crippen LogP contribution in [0.2, 0.25) is 0 Å². The predicted octanol–water partition coefficient (Wildman–Crippen LogP) is 13.4. The van der Waals surface area contributed by atoms with Gasteiger partial charge in [-0.1, -0.05) is 119 Å². The zero-order chi connectivity index (χ0) is 38.1. The quantitative estimate of drug-likeness (QED) is 0.178. The van der Waals surface area contributed by atoms with Crippen molar-refractivity contribution in [1.82, 2.24) is 14.1 Å². The van der Waals surface area contributed by atoms with Crippen LogP contribution in [0, 0.1) is 39.0 Å². The second kappa shape index (κ2) is 13.0. The number of benzene rings is 7. The average Bonchev–Trinajstić information content (AvgIpc) is 3.72. The van der Waals surface area contributed by atoms with Crippen LogP contribution in [0.5, 0.6) is 0 Å². The first-order valence-corrected chi connectivity index (χ1v) is 19.1. The lowest BCUT2D eigenvalue weighted by molar-refractivity contribution is 1.06. The molecule has 56 heavy (non-hydrogen) atoms. The minimum Gasteiger partial charge on any atom is -0.307 e. The molecule has 4 heteroatoms. The number of nitrogens with zero attached hydrogens (tertiary/aromatic N) is 4. The molecule has 0 amide bonds. The molecule has 10 aromatic rings. The summed E-state index contributed by atoms with van der Waals surface area (Å²) >= 11 is 0. The summed E-state index contributed by atoms with van der Waals surface area (Å²) < 4.78 is 4.64. The fourth-order valence-electron chi connectivity index (χ4n) is 8.79. The largest absolute Gasteiger partial charge is 0.307 e. The first kappa shape index (κ1) is 33.4. The molecule has 0 radical (unpaired) electrons. The summed E-state index contributed by atoms with van der Waals surface area (Å²) in [6.45, 7) is 8.63. The summed E-state index contributed by atoms with van der Waals surface area (Å²) in [6, 6.07) is 56.7. The van der Waals surface area contributed by atoms with Gasteiger partial charge >= 0.3 is 0 Å². The summed E-state index contributed by atoms with van der Waals surface area (Å²) in [6.07, 6.45) is 2.02. The van der Waals surface area contributed by atoms with Crippen molar-refractivity contribution in [3.05, 3.63) is 186 Å². The van der Waals surface area contributed by atoms with Crippen molar-refractivity contribution in [2.75, 3.05) is 0 Å². The van der Waals surface area contributed by atoms with Gasteiger partial charge in [0.15, 0.2) is 0 Å². The normalized spacial score (nSPS) is 11.6. The zero-order valence-electron chi connectivity index (χ0n) is 31.8. The highest BCUT2D eigenvalue weighted by Crippen LogP contribution is 2.40. The van der Waals surface area contributed by atoms with E-state index < -0.39 is 0 Å². The molecule has 0 bridgehead atoms. The average molecular weight is 719 g/mol. The minimum absolute atomic E-state index is 0.627. The summed E-state index contributed by atoms with van der Waals surface area (Å²) in [5.74, 6) is 0.830. The zero-order valence-corrected chi connectivity index (χ0v) is 31.8. The summed E-state index contributed by atoms with van der Waals surface area (Å²) in [5.41, 5.74) is 17.9. The van der Waals surface area contributed by atoms with E-state index in [1.165, 1.54) is 66.1 Å². The van der Waals surface area contributed by atoms with Crippen molar-refractivity contribution >= 4 is 43.6 Å². The monoisotopic (exact) mass is 718 g/mol. The highest BCUT2D eigenvalue weighted by Gasteiger charge is 2.20. The van der Waals surface area contributed by atoms with Gasteiger partial charge in [0.1, 0.15) is 5.82 Å². The van der Waals surface area contributed by atoms with E-state index in [1.807, 2.05) is 18.3 Å². The van der Waals surface area contributed by atoms with E-state index >= 15 is 0 Å². The van der Waals surface area contributed by atoms with Gasteiger partial charge in [0.05, 0.1) is 45.6 Å². The van der Waals surface area contributed by atoms with Gasteiger partial charge in [0.2, 0.25) is 0 Å². The van der Waals surface area contributed by atoms with E-state index in [0.29, 0.717) is 5.56 Å². The SMILES string of the molecule is Cc1cc(C)cc(-c2ccc3c(c2)c2ccccc2n3-c2cc(-c3ccc(C#N)cc3)c(-n3c4ccccc4c4cc(-c5cc(C)cc(C)c5)ccc43)cn2)c1. The molecule has 7 aromatic carbocycles. The first-order valence-electron chi connectivity index (χ1n) is 19.1. The molecule has 3 aromatic heterocycles. The number of nitriles is 1. The van der Waals surface area contributed by atoms with Crippen molar-refractivity contribution in [1.29, 1.82) is 5.26 Å². The van der Waals surface area contributed by atoms with E-state index in [4.69, 9.17) is 4.98 Å². The van der Waals surface area contributed by atoms with Gasteiger partial charge in [-0.2, -0.15) is 5.26 Å². The molecular formula is C52H38N4. The lowest BCUT2D eigenvalue weighted by Gasteiger charge is -2.17. The lowest BCUT2D eigenvalue weighted by atomic mass is 9.99. The van der Waals surface area contributed by atoms with Crippen LogP contribution in [0.4, 0.5) is 0 Å². The number of para-hydroxylation sites is 2. The van der Waals surface area contributed by atoms with E-state index in [9.17, 15) is 5.26 Å².